The Hall–Kier alpha value is -1.38. The SMILES string of the molecule is CC(=O)c1cc(C)c(C(C)C)[nH]c1=O. The number of rotatable bonds is 2. The van der Waals surface area contributed by atoms with Gasteiger partial charge in [-0.05, 0) is 31.4 Å². The first-order chi connectivity index (χ1) is 6.43. The van der Waals surface area contributed by atoms with E-state index < -0.39 is 0 Å². The molecule has 0 amide bonds. The molecule has 1 aromatic heterocycles. The van der Waals surface area contributed by atoms with Crippen molar-refractivity contribution in [2.24, 2.45) is 0 Å². The summed E-state index contributed by atoms with van der Waals surface area (Å²) in [7, 11) is 0. The van der Waals surface area contributed by atoms with Gasteiger partial charge in [0.15, 0.2) is 5.78 Å². The molecule has 0 spiro atoms. The van der Waals surface area contributed by atoms with Crippen LogP contribution < -0.4 is 5.56 Å². The van der Waals surface area contributed by atoms with Crippen molar-refractivity contribution in [3.05, 3.63) is 33.2 Å². The van der Waals surface area contributed by atoms with Crippen LogP contribution in [0.15, 0.2) is 10.9 Å². The standard InChI is InChI=1S/C11H15NO2/c1-6(2)10-7(3)5-9(8(4)13)11(14)12-10/h5-6H,1-4H3,(H,12,14). The van der Waals surface area contributed by atoms with Crippen LogP contribution in [0.2, 0.25) is 0 Å². The molecule has 1 heterocycles. The number of carbonyl (C=O) groups is 1. The second-order valence-electron chi connectivity index (χ2n) is 3.82. The molecule has 1 N–H and O–H groups in total. The second kappa shape index (κ2) is 3.78. The number of hydrogen-bond donors (Lipinski definition) is 1. The fourth-order valence-electron chi connectivity index (χ4n) is 1.51. The van der Waals surface area contributed by atoms with Crippen LogP contribution in [0.5, 0.6) is 0 Å². The summed E-state index contributed by atoms with van der Waals surface area (Å²) in [5.74, 6) is 0.0772. The van der Waals surface area contributed by atoms with Gasteiger partial charge in [-0.2, -0.15) is 0 Å². The Kier molecular flexibility index (Phi) is 2.89. The minimum atomic E-state index is -0.285. The molecule has 0 saturated heterocycles. The summed E-state index contributed by atoms with van der Waals surface area (Å²) in [6, 6.07) is 1.66. The van der Waals surface area contributed by atoms with Gasteiger partial charge in [0.05, 0.1) is 5.56 Å². The van der Waals surface area contributed by atoms with Crippen molar-refractivity contribution in [2.75, 3.05) is 0 Å². The summed E-state index contributed by atoms with van der Waals surface area (Å²) < 4.78 is 0. The Labute approximate surface area is 83.2 Å². The van der Waals surface area contributed by atoms with E-state index in [-0.39, 0.29) is 22.8 Å². The lowest BCUT2D eigenvalue weighted by Gasteiger charge is -2.09. The molecule has 1 rings (SSSR count). The third kappa shape index (κ3) is 1.92. The number of ketones is 1. The molecule has 0 aliphatic rings. The minimum absolute atomic E-state index is 0.190. The van der Waals surface area contributed by atoms with Crippen LogP contribution in [0.4, 0.5) is 0 Å². The molecule has 0 atom stereocenters. The predicted octanol–water partition coefficient (Wildman–Crippen LogP) is 2.01. The van der Waals surface area contributed by atoms with Crippen molar-refractivity contribution < 1.29 is 4.79 Å². The molecular formula is C11H15NO2. The van der Waals surface area contributed by atoms with E-state index in [0.29, 0.717) is 0 Å². The first kappa shape index (κ1) is 10.7. The fourth-order valence-corrected chi connectivity index (χ4v) is 1.51. The molecule has 0 radical (unpaired) electrons. The number of pyridine rings is 1. The van der Waals surface area contributed by atoms with E-state index in [9.17, 15) is 9.59 Å². The van der Waals surface area contributed by atoms with Gasteiger partial charge >= 0.3 is 0 Å². The molecule has 1 aromatic rings. The zero-order valence-electron chi connectivity index (χ0n) is 8.97. The number of aromatic amines is 1. The topological polar surface area (TPSA) is 49.9 Å². The van der Waals surface area contributed by atoms with Gasteiger partial charge in [-0.3, -0.25) is 9.59 Å². The Bertz CT molecular complexity index is 416. The number of aromatic nitrogens is 1. The van der Waals surface area contributed by atoms with Crippen LogP contribution in [0.1, 0.15) is 48.3 Å². The number of aryl methyl sites for hydroxylation is 1. The van der Waals surface area contributed by atoms with E-state index >= 15 is 0 Å². The van der Waals surface area contributed by atoms with Crippen molar-refractivity contribution in [3.63, 3.8) is 0 Å². The van der Waals surface area contributed by atoms with E-state index in [1.807, 2.05) is 20.8 Å². The predicted molar refractivity (Wildman–Crippen MR) is 55.9 cm³/mol. The summed E-state index contributed by atoms with van der Waals surface area (Å²) in [6.45, 7) is 7.31. The highest BCUT2D eigenvalue weighted by atomic mass is 16.1. The van der Waals surface area contributed by atoms with Gasteiger partial charge in [-0.25, -0.2) is 0 Å². The van der Waals surface area contributed by atoms with Crippen LogP contribution in [-0.2, 0) is 0 Å². The quantitative estimate of drug-likeness (QED) is 0.730. The fraction of sp³-hybridized carbons (Fsp3) is 0.455. The lowest BCUT2D eigenvalue weighted by Crippen LogP contribution is -2.19. The van der Waals surface area contributed by atoms with Gasteiger partial charge in [0.25, 0.3) is 5.56 Å². The first-order valence-electron chi connectivity index (χ1n) is 4.68. The number of carbonyl (C=O) groups excluding carboxylic acids is 1. The third-order valence-electron chi connectivity index (χ3n) is 2.24. The maximum atomic E-state index is 11.5. The van der Waals surface area contributed by atoms with Gasteiger partial charge in [0.1, 0.15) is 0 Å². The van der Waals surface area contributed by atoms with E-state index in [4.69, 9.17) is 0 Å². The maximum absolute atomic E-state index is 11.5. The summed E-state index contributed by atoms with van der Waals surface area (Å²) in [6.07, 6.45) is 0. The van der Waals surface area contributed by atoms with E-state index in [0.717, 1.165) is 11.3 Å². The van der Waals surface area contributed by atoms with Gasteiger partial charge in [0.2, 0.25) is 0 Å². The van der Waals surface area contributed by atoms with E-state index in [2.05, 4.69) is 4.98 Å². The van der Waals surface area contributed by atoms with Gasteiger partial charge in [0, 0.05) is 5.69 Å². The molecule has 0 bridgehead atoms. The first-order valence-corrected chi connectivity index (χ1v) is 4.68. The number of nitrogens with one attached hydrogen (secondary N) is 1. The third-order valence-corrected chi connectivity index (χ3v) is 2.24. The molecule has 0 aliphatic carbocycles. The molecule has 0 unspecified atom stereocenters. The summed E-state index contributed by atoms with van der Waals surface area (Å²) in [5.41, 5.74) is 1.82. The molecule has 0 aromatic carbocycles. The summed E-state index contributed by atoms with van der Waals surface area (Å²) in [4.78, 5) is 25.3. The van der Waals surface area contributed by atoms with Gasteiger partial charge < -0.3 is 4.98 Å². The average molecular weight is 193 g/mol. The van der Waals surface area contributed by atoms with E-state index in [1.165, 1.54) is 6.92 Å². The molecule has 14 heavy (non-hydrogen) atoms. The van der Waals surface area contributed by atoms with Gasteiger partial charge in [-0.15, -0.1) is 0 Å². The van der Waals surface area contributed by atoms with Crippen LogP contribution in [0.25, 0.3) is 0 Å². The maximum Gasteiger partial charge on any atom is 0.259 e. The highest BCUT2D eigenvalue weighted by Gasteiger charge is 2.10. The Morgan fingerprint density at radius 3 is 2.43 bits per heavy atom. The summed E-state index contributed by atoms with van der Waals surface area (Å²) in [5, 5.41) is 0. The van der Waals surface area contributed by atoms with Crippen molar-refractivity contribution in [3.8, 4) is 0 Å². The highest BCUT2D eigenvalue weighted by molar-refractivity contribution is 5.93. The van der Waals surface area contributed by atoms with Crippen molar-refractivity contribution in [1.82, 2.24) is 4.98 Å². The normalized spacial score (nSPS) is 10.6. The molecule has 3 heteroatoms. The van der Waals surface area contributed by atoms with Crippen molar-refractivity contribution in [2.45, 2.75) is 33.6 Å². The van der Waals surface area contributed by atoms with Crippen molar-refractivity contribution >= 4 is 5.78 Å². The average Bonchev–Trinajstić information content (AvgIpc) is 2.07. The van der Waals surface area contributed by atoms with Crippen molar-refractivity contribution in [1.29, 1.82) is 0 Å². The molecule has 76 valence electrons. The number of Topliss-reactive ketones (excluding diaryl/α,β-unsaturated/α-hetero) is 1. The zero-order chi connectivity index (χ0) is 10.9. The smallest absolute Gasteiger partial charge is 0.259 e. The molecule has 0 fully saturated rings. The Morgan fingerprint density at radius 2 is 2.00 bits per heavy atom. The molecular weight excluding hydrogens is 178 g/mol. The summed E-state index contributed by atoms with van der Waals surface area (Å²) >= 11 is 0. The Morgan fingerprint density at radius 1 is 1.43 bits per heavy atom. The highest BCUT2D eigenvalue weighted by Crippen LogP contribution is 2.15. The Balaban J connectivity index is 3.39. The zero-order valence-corrected chi connectivity index (χ0v) is 8.97. The largest absolute Gasteiger partial charge is 0.325 e. The molecule has 3 nitrogen and oxygen atoms in total. The van der Waals surface area contributed by atoms with Crippen LogP contribution in [-0.4, -0.2) is 10.8 Å². The number of H-pyrrole nitrogens is 1. The lowest BCUT2D eigenvalue weighted by molar-refractivity contribution is 0.101. The van der Waals surface area contributed by atoms with E-state index in [1.54, 1.807) is 6.07 Å². The monoisotopic (exact) mass is 193 g/mol. The van der Waals surface area contributed by atoms with Crippen LogP contribution >= 0.6 is 0 Å². The number of hydrogen-bond acceptors (Lipinski definition) is 2. The molecule has 0 saturated carbocycles. The van der Waals surface area contributed by atoms with Crippen LogP contribution in [0, 0.1) is 6.92 Å². The van der Waals surface area contributed by atoms with Crippen LogP contribution in [0.3, 0.4) is 0 Å². The minimum Gasteiger partial charge on any atom is -0.325 e. The lowest BCUT2D eigenvalue weighted by atomic mass is 10.0. The van der Waals surface area contributed by atoms with Gasteiger partial charge in [-0.1, -0.05) is 13.8 Å². The molecule has 0 aliphatic heterocycles. The second-order valence-corrected chi connectivity index (χ2v) is 3.82.